The van der Waals surface area contributed by atoms with E-state index in [4.69, 9.17) is 28.4 Å². The van der Waals surface area contributed by atoms with Crippen molar-refractivity contribution in [2.75, 3.05) is 26.4 Å². The standard InChI is InChI=1S/C28H26O9/c1-28(18-2-8-21(29)9-3-18,19-4-10-22(11-5-19)36-26(30)34-16-24-14-32-24)20-6-12-23(13-7-20)37-27(31)35-17-25-15-33-25/h2-13,24-25,29H,14-17H2,1H3. The van der Waals surface area contributed by atoms with E-state index in [9.17, 15) is 14.7 Å². The molecule has 37 heavy (non-hydrogen) atoms. The molecule has 192 valence electrons. The highest BCUT2D eigenvalue weighted by molar-refractivity contribution is 5.65. The van der Waals surface area contributed by atoms with Gasteiger partial charge in [0.15, 0.2) is 0 Å². The Morgan fingerprint density at radius 1 is 0.730 bits per heavy atom. The molecule has 1 N–H and O–H groups in total. The number of aromatic hydroxyl groups is 1. The van der Waals surface area contributed by atoms with Gasteiger partial charge in [-0.05, 0) is 60.0 Å². The molecule has 2 atom stereocenters. The van der Waals surface area contributed by atoms with E-state index in [0.717, 1.165) is 16.7 Å². The SMILES string of the molecule is CC(c1ccc(O)cc1)(c1ccc(OC(=O)OCC2CO2)cc1)c1ccc(OC(=O)OCC2CO2)cc1. The van der Waals surface area contributed by atoms with E-state index in [2.05, 4.69) is 0 Å². The summed E-state index contributed by atoms with van der Waals surface area (Å²) in [5, 5.41) is 9.83. The van der Waals surface area contributed by atoms with Gasteiger partial charge in [-0.15, -0.1) is 0 Å². The second-order valence-corrected chi connectivity index (χ2v) is 8.96. The van der Waals surface area contributed by atoms with Crippen LogP contribution in [0, 0.1) is 0 Å². The molecule has 2 fully saturated rings. The van der Waals surface area contributed by atoms with Crippen LogP contribution in [0.3, 0.4) is 0 Å². The first-order chi connectivity index (χ1) is 17.9. The largest absolute Gasteiger partial charge is 0.513 e. The maximum absolute atomic E-state index is 11.9. The molecule has 0 radical (unpaired) electrons. The summed E-state index contributed by atoms with van der Waals surface area (Å²) in [6.45, 7) is 3.55. The average molecular weight is 507 g/mol. The second kappa shape index (κ2) is 10.5. The van der Waals surface area contributed by atoms with Crippen molar-refractivity contribution in [3.8, 4) is 17.2 Å². The van der Waals surface area contributed by atoms with E-state index in [1.54, 1.807) is 36.4 Å². The van der Waals surface area contributed by atoms with Gasteiger partial charge in [0.25, 0.3) is 0 Å². The molecule has 0 aromatic heterocycles. The molecule has 9 heteroatoms. The fraction of sp³-hybridized carbons (Fsp3) is 0.286. The molecule has 2 saturated heterocycles. The number of phenolic OH excluding ortho intramolecular Hbond substituents is 1. The van der Waals surface area contributed by atoms with Crippen molar-refractivity contribution in [3.05, 3.63) is 89.5 Å². The summed E-state index contributed by atoms with van der Waals surface area (Å²) >= 11 is 0. The Labute approximate surface area is 213 Å². The summed E-state index contributed by atoms with van der Waals surface area (Å²) in [5.41, 5.74) is 2.07. The average Bonchev–Trinajstić information content (AvgIpc) is 3.82. The van der Waals surface area contributed by atoms with E-state index in [1.165, 1.54) is 0 Å². The zero-order valence-electron chi connectivity index (χ0n) is 20.1. The minimum absolute atomic E-state index is 0.0410. The predicted molar refractivity (Wildman–Crippen MR) is 130 cm³/mol. The summed E-state index contributed by atoms with van der Waals surface area (Å²) in [7, 11) is 0. The van der Waals surface area contributed by atoms with Crippen LogP contribution in [-0.2, 0) is 24.4 Å². The van der Waals surface area contributed by atoms with Crippen molar-refractivity contribution in [3.63, 3.8) is 0 Å². The monoisotopic (exact) mass is 506 g/mol. The van der Waals surface area contributed by atoms with Crippen LogP contribution in [0.4, 0.5) is 9.59 Å². The van der Waals surface area contributed by atoms with Crippen molar-refractivity contribution in [2.45, 2.75) is 24.5 Å². The molecule has 2 heterocycles. The summed E-state index contributed by atoms with van der Waals surface area (Å²) in [6, 6.07) is 21.2. The molecule has 0 saturated carbocycles. The van der Waals surface area contributed by atoms with Crippen LogP contribution in [0.15, 0.2) is 72.8 Å². The van der Waals surface area contributed by atoms with Gasteiger partial charge in [0, 0.05) is 5.41 Å². The van der Waals surface area contributed by atoms with Crippen molar-refractivity contribution < 1.29 is 43.1 Å². The first-order valence-corrected chi connectivity index (χ1v) is 11.8. The Morgan fingerprint density at radius 2 is 1.08 bits per heavy atom. The molecular formula is C28H26O9. The molecule has 9 nitrogen and oxygen atoms in total. The molecule has 5 rings (SSSR count). The van der Waals surface area contributed by atoms with Crippen molar-refractivity contribution >= 4 is 12.3 Å². The molecule has 0 aliphatic carbocycles. The van der Waals surface area contributed by atoms with Crippen molar-refractivity contribution in [1.29, 1.82) is 0 Å². The van der Waals surface area contributed by atoms with Gasteiger partial charge >= 0.3 is 12.3 Å². The zero-order chi connectivity index (χ0) is 25.8. The van der Waals surface area contributed by atoms with Gasteiger partial charge in [-0.2, -0.15) is 0 Å². The molecule has 2 aliphatic heterocycles. The van der Waals surface area contributed by atoms with Crippen LogP contribution in [-0.4, -0.2) is 56.1 Å². The normalized spacial score (nSPS) is 19.3. The maximum Gasteiger partial charge on any atom is 0.513 e. The van der Waals surface area contributed by atoms with Crippen molar-refractivity contribution in [1.82, 2.24) is 0 Å². The van der Waals surface area contributed by atoms with E-state index >= 15 is 0 Å². The number of rotatable bonds is 9. The van der Waals surface area contributed by atoms with Gasteiger partial charge in [0.1, 0.15) is 42.7 Å². The van der Waals surface area contributed by atoms with Gasteiger partial charge in [0.05, 0.1) is 13.2 Å². The van der Waals surface area contributed by atoms with E-state index < -0.39 is 17.7 Å². The Balaban J connectivity index is 1.35. The lowest BCUT2D eigenvalue weighted by Gasteiger charge is -2.32. The predicted octanol–water partition coefficient (Wildman–Crippen LogP) is 4.57. The Bertz CT molecular complexity index is 1150. The van der Waals surface area contributed by atoms with E-state index in [1.807, 2.05) is 43.3 Å². The minimum Gasteiger partial charge on any atom is -0.508 e. The first kappa shape index (κ1) is 24.6. The second-order valence-electron chi connectivity index (χ2n) is 8.96. The van der Waals surface area contributed by atoms with Crippen LogP contribution >= 0.6 is 0 Å². The maximum atomic E-state index is 11.9. The zero-order valence-corrected chi connectivity index (χ0v) is 20.1. The Hall–Kier alpha value is -4.08. The Kier molecular flexibility index (Phi) is 6.98. The van der Waals surface area contributed by atoms with Crippen LogP contribution in [0.25, 0.3) is 0 Å². The molecular weight excluding hydrogens is 480 g/mol. The van der Waals surface area contributed by atoms with Gasteiger partial charge in [-0.3, -0.25) is 0 Å². The fourth-order valence-electron chi connectivity index (χ4n) is 3.91. The lowest BCUT2D eigenvalue weighted by molar-refractivity contribution is 0.0911. The minimum atomic E-state index is -0.789. The highest BCUT2D eigenvalue weighted by atomic mass is 16.7. The molecule has 3 aromatic carbocycles. The first-order valence-electron chi connectivity index (χ1n) is 11.8. The summed E-state index contributed by atoms with van der Waals surface area (Å²) < 4.78 is 30.6. The van der Waals surface area contributed by atoms with Crippen molar-refractivity contribution in [2.24, 2.45) is 0 Å². The lowest BCUT2D eigenvalue weighted by atomic mass is 9.71. The number of hydrogen-bond donors (Lipinski definition) is 1. The summed E-state index contributed by atoms with van der Waals surface area (Å²) in [5.74, 6) is 0.846. The summed E-state index contributed by atoms with van der Waals surface area (Å²) in [6.07, 6.45) is -1.66. The topological polar surface area (TPSA) is 116 Å². The third-order valence-corrected chi connectivity index (χ3v) is 6.29. The van der Waals surface area contributed by atoms with Gasteiger partial charge in [-0.1, -0.05) is 36.4 Å². The highest BCUT2D eigenvalue weighted by Gasteiger charge is 2.32. The Morgan fingerprint density at radius 3 is 1.43 bits per heavy atom. The number of carbonyl (C=O) groups excluding carboxylic acids is 2. The third-order valence-electron chi connectivity index (χ3n) is 6.29. The molecule has 0 amide bonds. The van der Waals surface area contributed by atoms with E-state index in [0.29, 0.717) is 24.7 Å². The van der Waals surface area contributed by atoms with Gasteiger partial charge in [-0.25, -0.2) is 9.59 Å². The summed E-state index contributed by atoms with van der Waals surface area (Å²) in [4.78, 5) is 23.8. The number of ether oxygens (including phenoxy) is 6. The fourth-order valence-corrected chi connectivity index (χ4v) is 3.91. The number of hydrogen-bond acceptors (Lipinski definition) is 9. The third kappa shape index (κ3) is 6.19. The smallest absolute Gasteiger partial charge is 0.508 e. The number of phenols is 1. The quantitative estimate of drug-likeness (QED) is 0.193. The number of carbonyl (C=O) groups is 2. The molecule has 0 bridgehead atoms. The molecule has 2 aliphatic rings. The number of epoxide rings is 2. The van der Waals surface area contributed by atoms with Crippen LogP contribution in [0.2, 0.25) is 0 Å². The van der Waals surface area contributed by atoms with Gasteiger partial charge in [0.2, 0.25) is 0 Å². The van der Waals surface area contributed by atoms with Crippen LogP contribution < -0.4 is 9.47 Å². The molecule has 3 aromatic rings. The number of benzene rings is 3. The molecule has 0 spiro atoms. The van der Waals surface area contributed by atoms with Gasteiger partial charge < -0.3 is 33.5 Å². The highest BCUT2D eigenvalue weighted by Crippen LogP contribution is 2.40. The van der Waals surface area contributed by atoms with Crippen LogP contribution in [0.1, 0.15) is 23.6 Å². The van der Waals surface area contributed by atoms with Crippen LogP contribution in [0.5, 0.6) is 17.2 Å². The van der Waals surface area contributed by atoms with E-state index in [-0.39, 0.29) is 31.2 Å². The molecule has 2 unspecified atom stereocenters. The lowest BCUT2D eigenvalue weighted by Crippen LogP contribution is -2.25.